The van der Waals surface area contributed by atoms with Crippen LogP contribution in [0.2, 0.25) is 0 Å². The average molecular weight is 340 g/mol. The minimum absolute atomic E-state index is 0.0503. The Labute approximate surface area is 148 Å². The zero-order valence-electron chi connectivity index (χ0n) is 16.5. The van der Waals surface area contributed by atoms with E-state index < -0.39 is 0 Å². The van der Waals surface area contributed by atoms with Crippen molar-refractivity contribution in [2.24, 2.45) is 17.3 Å². The number of carbonyl (C=O) groups is 2. The van der Waals surface area contributed by atoms with Crippen LogP contribution in [0, 0.1) is 17.3 Å². The van der Waals surface area contributed by atoms with E-state index >= 15 is 0 Å². The fraction of sp³-hybridized carbons (Fsp3) is 0.895. The van der Waals surface area contributed by atoms with Crippen molar-refractivity contribution >= 4 is 11.8 Å². The summed E-state index contributed by atoms with van der Waals surface area (Å²) < 4.78 is 0. The maximum atomic E-state index is 12.4. The Bertz CT molecular complexity index is 411. The summed E-state index contributed by atoms with van der Waals surface area (Å²) in [6.07, 6.45) is 3.15. The van der Waals surface area contributed by atoms with Gasteiger partial charge in [0.1, 0.15) is 0 Å². The van der Waals surface area contributed by atoms with Crippen molar-refractivity contribution in [3.05, 3.63) is 0 Å². The molecule has 140 valence electrons. The van der Waals surface area contributed by atoms with Crippen LogP contribution in [0.4, 0.5) is 0 Å². The molecule has 0 aliphatic carbocycles. The Morgan fingerprint density at radius 2 is 1.79 bits per heavy atom. The molecule has 1 saturated heterocycles. The molecule has 1 rings (SSSR count). The van der Waals surface area contributed by atoms with E-state index in [1.54, 1.807) is 0 Å². The number of nitrogens with zero attached hydrogens (tertiary/aromatic N) is 2. The molecule has 0 saturated carbocycles. The van der Waals surface area contributed by atoms with Gasteiger partial charge in [0.15, 0.2) is 0 Å². The van der Waals surface area contributed by atoms with Gasteiger partial charge in [-0.15, -0.1) is 0 Å². The van der Waals surface area contributed by atoms with Gasteiger partial charge in [0.2, 0.25) is 11.8 Å². The summed E-state index contributed by atoms with van der Waals surface area (Å²) in [6, 6.07) is 0. The van der Waals surface area contributed by atoms with Crippen molar-refractivity contribution in [2.75, 3.05) is 40.3 Å². The van der Waals surface area contributed by atoms with Gasteiger partial charge in [-0.1, -0.05) is 27.7 Å². The summed E-state index contributed by atoms with van der Waals surface area (Å²) in [5.74, 6) is 1.00. The van der Waals surface area contributed by atoms with Crippen molar-refractivity contribution in [3.63, 3.8) is 0 Å². The minimum Gasteiger partial charge on any atom is -0.355 e. The highest BCUT2D eigenvalue weighted by atomic mass is 16.2. The highest BCUT2D eigenvalue weighted by molar-refractivity contribution is 5.80. The minimum atomic E-state index is 0.0503. The van der Waals surface area contributed by atoms with Gasteiger partial charge in [0.25, 0.3) is 0 Å². The first-order valence-electron chi connectivity index (χ1n) is 9.31. The molecule has 5 heteroatoms. The second kappa shape index (κ2) is 9.40. The molecule has 0 aromatic carbocycles. The van der Waals surface area contributed by atoms with Crippen LogP contribution in [0.25, 0.3) is 0 Å². The lowest BCUT2D eigenvalue weighted by atomic mass is 9.91. The second-order valence-electron chi connectivity index (χ2n) is 8.71. The highest BCUT2D eigenvalue weighted by Gasteiger charge is 2.28. The molecule has 0 bridgehead atoms. The number of likely N-dealkylation sites (tertiary alicyclic amines) is 1. The molecule has 0 spiro atoms. The molecule has 0 aromatic heterocycles. The molecule has 1 aliphatic rings. The van der Waals surface area contributed by atoms with E-state index in [0.717, 1.165) is 38.9 Å². The molecule has 1 heterocycles. The number of hydrogen-bond acceptors (Lipinski definition) is 3. The lowest BCUT2D eigenvalue weighted by Crippen LogP contribution is -2.46. The molecule has 0 unspecified atom stereocenters. The fourth-order valence-electron chi connectivity index (χ4n) is 3.34. The van der Waals surface area contributed by atoms with Gasteiger partial charge >= 0.3 is 0 Å². The van der Waals surface area contributed by atoms with Crippen molar-refractivity contribution in [1.29, 1.82) is 0 Å². The Morgan fingerprint density at radius 3 is 2.29 bits per heavy atom. The third kappa shape index (κ3) is 7.65. The van der Waals surface area contributed by atoms with Crippen LogP contribution >= 0.6 is 0 Å². The summed E-state index contributed by atoms with van der Waals surface area (Å²) in [6.45, 7) is 11.7. The molecule has 24 heavy (non-hydrogen) atoms. The average Bonchev–Trinajstić information content (AvgIpc) is 2.49. The van der Waals surface area contributed by atoms with Gasteiger partial charge in [0, 0.05) is 38.5 Å². The SMILES string of the molecule is CC(C)CCC(=O)N1CCC(C(=O)NCC(C)(C)CN(C)C)CC1. The van der Waals surface area contributed by atoms with Crippen LogP contribution in [0.15, 0.2) is 0 Å². The Hall–Kier alpha value is -1.10. The van der Waals surface area contributed by atoms with E-state index in [1.165, 1.54) is 0 Å². The van der Waals surface area contributed by atoms with Crippen molar-refractivity contribution in [2.45, 2.75) is 53.4 Å². The van der Waals surface area contributed by atoms with Crippen LogP contribution in [0.1, 0.15) is 53.4 Å². The maximum Gasteiger partial charge on any atom is 0.223 e. The molecule has 2 amide bonds. The Morgan fingerprint density at radius 1 is 1.21 bits per heavy atom. The summed E-state index contributed by atoms with van der Waals surface area (Å²) in [4.78, 5) is 28.6. The molecule has 1 fully saturated rings. The Kier molecular flexibility index (Phi) is 8.20. The van der Waals surface area contributed by atoms with Crippen molar-refractivity contribution < 1.29 is 9.59 Å². The summed E-state index contributed by atoms with van der Waals surface area (Å²) in [5, 5.41) is 3.11. The largest absolute Gasteiger partial charge is 0.355 e. The molecule has 0 radical (unpaired) electrons. The summed E-state index contributed by atoms with van der Waals surface area (Å²) in [7, 11) is 4.10. The fourth-order valence-corrected chi connectivity index (χ4v) is 3.34. The number of rotatable bonds is 8. The van der Waals surface area contributed by atoms with Gasteiger partial charge in [-0.2, -0.15) is 0 Å². The quantitative estimate of drug-likeness (QED) is 0.739. The van der Waals surface area contributed by atoms with Crippen LogP contribution in [0.3, 0.4) is 0 Å². The van der Waals surface area contributed by atoms with Gasteiger partial charge in [-0.05, 0) is 44.7 Å². The number of amides is 2. The van der Waals surface area contributed by atoms with Crippen LogP contribution in [0.5, 0.6) is 0 Å². The predicted molar refractivity (Wildman–Crippen MR) is 98.7 cm³/mol. The number of carbonyl (C=O) groups excluding carboxylic acids is 2. The highest BCUT2D eigenvalue weighted by Crippen LogP contribution is 2.20. The number of nitrogens with one attached hydrogen (secondary N) is 1. The molecule has 1 N–H and O–H groups in total. The number of hydrogen-bond donors (Lipinski definition) is 1. The molecular weight excluding hydrogens is 302 g/mol. The summed E-state index contributed by atoms with van der Waals surface area (Å²) >= 11 is 0. The van der Waals surface area contributed by atoms with E-state index in [-0.39, 0.29) is 23.1 Å². The monoisotopic (exact) mass is 339 g/mol. The molecule has 1 aliphatic heterocycles. The summed E-state index contributed by atoms with van der Waals surface area (Å²) in [5.41, 5.74) is 0.0622. The molecule has 0 atom stereocenters. The van der Waals surface area contributed by atoms with E-state index in [2.05, 4.69) is 52.0 Å². The van der Waals surface area contributed by atoms with Crippen LogP contribution in [-0.4, -0.2) is 61.9 Å². The first kappa shape index (κ1) is 20.9. The van der Waals surface area contributed by atoms with Crippen molar-refractivity contribution in [1.82, 2.24) is 15.1 Å². The second-order valence-corrected chi connectivity index (χ2v) is 8.71. The third-order valence-corrected chi connectivity index (χ3v) is 4.64. The first-order valence-corrected chi connectivity index (χ1v) is 9.31. The predicted octanol–water partition coefficient (Wildman–Crippen LogP) is 2.37. The van der Waals surface area contributed by atoms with Crippen molar-refractivity contribution in [3.8, 4) is 0 Å². The van der Waals surface area contributed by atoms with E-state index in [4.69, 9.17) is 0 Å². The topological polar surface area (TPSA) is 52.7 Å². The van der Waals surface area contributed by atoms with Gasteiger partial charge in [0.05, 0.1) is 0 Å². The molecular formula is C19H37N3O2. The van der Waals surface area contributed by atoms with Crippen LogP contribution in [-0.2, 0) is 9.59 Å². The standard InChI is InChI=1S/C19H37N3O2/c1-15(2)7-8-17(23)22-11-9-16(10-12-22)18(24)20-13-19(3,4)14-21(5)6/h15-16H,7-14H2,1-6H3,(H,20,24). The van der Waals surface area contributed by atoms with Crippen LogP contribution < -0.4 is 5.32 Å². The smallest absolute Gasteiger partial charge is 0.223 e. The van der Waals surface area contributed by atoms with Gasteiger partial charge in [-0.25, -0.2) is 0 Å². The zero-order chi connectivity index (χ0) is 18.3. The molecule has 0 aromatic rings. The first-order chi connectivity index (χ1) is 11.1. The molecule has 5 nitrogen and oxygen atoms in total. The lowest BCUT2D eigenvalue weighted by molar-refractivity contribution is -0.136. The Balaban J connectivity index is 2.34. The zero-order valence-corrected chi connectivity index (χ0v) is 16.5. The van der Waals surface area contributed by atoms with E-state index in [1.807, 2.05) is 4.90 Å². The van der Waals surface area contributed by atoms with E-state index in [0.29, 0.717) is 18.9 Å². The maximum absolute atomic E-state index is 12.4. The van der Waals surface area contributed by atoms with E-state index in [9.17, 15) is 9.59 Å². The third-order valence-electron chi connectivity index (χ3n) is 4.64. The van der Waals surface area contributed by atoms with Gasteiger partial charge in [-0.3, -0.25) is 9.59 Å². The number of piperidine rings is 1. The normalized spacial score (nSPS) is 16.8. The van der Waals surface area contributed by atoms with Gasteiger partial charge < -0.3 is 15.1 Å². The lowest BCUT2D eigenvalue weighted by Gasteiger charge is -2.33.